The van der Waals surface area contributed by atoms with E-state index in [9.17, 15) is 4.79 Å². The highest BCUT2D eigenvalue weighted by Gasteiger charge is 2.14. The fourth-order valence-electron chi connectivity index (χ4n) is 1.14. The SMILES string of the molecule is C[Si](C)(C)Cn1cccc(Br)c1=O. The maximum Gasteiger partial charge on any atom is 0.264 e. The third-order valence-corrected chi connectivity index (χ3v) is 3.51. The lowest BCUT2D eigenvalue weighted by Crippen LogP contribution is -2.34. The van der Waals surface area contributed by atoms with Crippen molar-refractivity contribution in [2.75, 3.05) is 0 Å². The first-order valence-electron chi connectivity index (χ1n) is 4.25. The molecule has 1 rings (SSSR count). The molecule has 0 saturated heterocycles. The van der Waals surface area contributed by atoms with Crippen LogP contribution < -0.4 is 5.56 Å². The summed E-state index contributed by atoms with van der Waals surface area (Å²) in [5, 5.41) is 0. The van der Waals surface area contributed by atoms with Crippen molar-refractivity contribution in [3.8, 4) is 0 Å². The topological polar surface area (TPSA) is 22.0 Å². The van der Waals surface area contributed by atoms with Crippen molar-refractivity contribution in [1.82, 2.24) is 4.57 Å². The molecule has 4 heteroatoms. The molecular formula is C9H14BrNOSi. The zero-order chi connectivity index (χ0) is 10.1. The zero-order valence-electron chi connectivity index (χ0n) is 8.17. The first-order valence-corrected chi connectivity index (χ1v) is 8.75. The molecule has 0 aliphatic rings. The van der Waals surface area contributed by atoms with Gasteiger partial charge in [-0.3, -0.25) is 4.79 Å². The van der Waals surface area contributed by atoms with Crippen LogP contribution in [0.4, 0.5) is 0 Å². The standard InChI is InChI=1S/C9H14BrNOSi/c1-13(2,3)7-11-6-4-5-8(10)9(11)12/h4-6H,7H2,1-3H3. The Bertz CT molecular complexity index is 353. The van der Waals surface area contributed by atoms with E-state index in [-0.39, 0.29) is 5.56 Å². The zero-order valence-corrected chi connectivity index (χ0v) is 10.8. The highest BCUT2D eigenvalue weighted by molar-refractivity contribution is 9.10. The number of aromatic nitrogens is 1. The van der Waals surface area contributed by atoms with E-state index in [0.717, 1.165) is 6.17 Å². The summed E-state index contributed by atoms with van der Waals surface area (Å²) in [7, 11) is -1.21. The molecule has 0 amide bonds. The summed E-state index contributed by atoms with van der Waals surface area (Å²) in [5.74, 6) is 0. The van der Waals surface area contributed by atoms with Crippen LogP contribution in [0.15, 0.2) is 27.6 Å². The summed E-state index contributed by atoms with van der Waals surface area (Å²) in [6.45, 7) is 6.75. The Morgan fingerprint density at radius 1 is 1.46 bits per heavy atom. The van der Waals surface area contributed by atoms with Gasteiger partial charge in [0.1, 0.15) is 0 Å². The fraction of sp³-hybridized carbons (Fsp3) is 0.444. The molecule has 0 unspecified atom stereocenters. The number of pyridine rings is 1. The largest absolute Gasteiger partial charge is 0.318 e. The van der Waals surface area contributed by atoms with Crippen LogP contribution in [-0.2, 0) is 6.17 Å². The predicted molar refractivity (Wildman–Crippen MR) is 61.7 cm³/mol. The second kappa shape index (κ2) is 3.80. The molecule has 0 radical (unpaired) electrons. The summed E-state index contributed by atoms with van der Waals surface area (Å²) in [4.78, 5) is 11.6. The van der Waals surface area contributed by atoms with Gasteiger partial charge in [0.2, 0.25) is 0 Å². The molecule has 0 aliphatic carbocycles. The molecule has 1 aromatic rings. The van der Waals surface area contributed by atoms with Gasteiger partial charge in [0.25, 0.3) is 5.56 Å². The predicted octanol–water partition coefficient (Wildman–Crippen LogP) is 2.49. The van der Waals surface area contributed by atoms with E-state index >= 15 is 0 Å². The van der Waals surface area contributed by atoms with E-state index in [0.29, 0.717) is 4.47 Å². The van der Waals surface area contributed by atoms with Crippen molar-refractivity contribution in [3.05, 3.63) is 33.2 Å². The first kappa shape index (κ1) is 10.7. The van der Waals surface area contributed by atoms with Crippen molar-refractivity contribution < 1.29 is 0 Å². The van der Waals surface area contributed by atoms with Gasteiger partial charge in [0.05, 0.1) is 12.5 Å². The van der Waals surface area contributed by atoms with E-state index in [1.165, 1.54) is 0 Å². The Morgan fingerprint density at radius 2 is 2.08 bits per heavy atom. The van der Waals surface area contributed by atoms with Crippen LogP contribution in [0.1, 0.15) is 0 Å². The van der Waals surface area contributed by atoms with Crippen LogP contribution in [0.25, 0.3) is 0 Å². The van der Waals surface area contributed by atoms with Gasteiger partial charge < -0.3 is 4.57 Å². The first-order chi connectivity index (χ1) is 5.90. The normalized spacial score (nSPS) is 11.7. The van der Waals surface area contributed by atoms with Crippen LogP contribution in [0, 0.1) is 0 Å². The summed E-state index contributed by atoms with van der Waals surface area (Å²) in [6, 6.07) is 3.68. The van der Waals surface area contributed by atoms with E-state index in [4.69, 9.17) is 0 Å². The molecular weight excluding hydrogens is 246 g/mol. The number of nitrogens with zero attached hydrogens (tertiary/aromatic N) is 1. The van der Waals surface area contributed by atoms with Crippen LogP contribution in [0.2, 0.25) is 19.6 Å². The van der Waals surface area contributed by atoms with Crippen LogP contribution >= 0.6 is 15.9 Å². The summed E-state index contributed by atoms with van der Waals surface area (Å²) >= 11 is 3.24. The van der Waals surface area contributed by atoms with Gasteiger partial charge in [-0.15, -0.1) is 0 Å². The van der Waals surface area contributed by atoms with Gasteiger partial charge >= 0.3 is 0 Å². The molecule has 0 bridgehead atoms. The maximum absolute atomic E-state index is 11.6. The number of hydrogen-bond donors (Lipinski definition) is 0. The fourth-order valence-corrected chi connectivity index (χ4v) is 2.79. The molecule has 0 atom stereocenters. The van der Waals surface area contributed by atoms with Crippen molar-refractivity contribution >= 4 is 24.0 Å². The lowest BCUT2D eigenvalue weighted by atomic mass is 10.5. The molecule has 0 aromatic carbocycles. The van der Waals surface area contributed by atoms with Crippen molar-refractivity contribution in [2.24, 2.45) is 0 Å². The molecule has 0 N–H and O–H groups in total. The summed E-state index contributed by atoms with van der Waals surface area (Å²) in [6.07, 6.45) is 2.73. The Morgan fingerprint density at radius 3 is 2.62 bits per heavy atom. The van der Waals surface area contributed by atoms with E-state index in [2.05, 4.69) is 35.6 Å². The lowest BCUT2D eigenvalue weighted by molar-refractivity contribution is 0.801. The minimum Gasteiger partial charge on any atom is -0.318 e. The smallest absolute Gasteiger partial charge is 0.264 e. The Kier molecular flexibility index (Phi) is 3.13. The van der Waals surface area contributed by atoms with Crippen molar-refractivity contribution in [2.45, 2.75) is 25.8 Å². The highest BCUT2D eigenvalue weighted by Crippen LogP contribution is 2.05. The molecule has 0 aliphatic heterocycles. The average molecular weight is 260 g/mol. The maximum atomic E-state index is 11.6. The molecule has 1 aromatic heterocycles. The molecule has 0 fully saturated rings. The minimum atomic E-state index is -1.21. The summed E-state index contributed by atoms with van der Waals surface area (Å²) < 4.78 is 2.43. The average Bonchev–Trinajstić information content (AvgIpc) is 1.96. The van der Waals surface area contributed by atoms with Crippen molar-refractivity contribution in [3.63, 3.8) is 0 Å². The Labute approximate surface area is 87.7 Å². The second-order valence-corrected chi connectivity index (χ2v) is 10.6. The molecule has 72 valence electrons. The van der Waals surface area contributed by atoms with Gasteiger partial charge in [0, 0.05) is 12.4 Å². The number of hydrogen-bond acceptors (Lipinski definition) is 1. The van der Waals surface area contributed by atoms with Crippen LogP contribution in [0.3, 0.4) is 0 Å². The molecule has 2 nitrogen and oxygen atoms in total. The van der Waals surface area contributed by atoms with Gasteiger partial charge in [-0.1, -0.05) is 19.6 Å². The van der Waals surface area contributed by atoms with E-state index in [1.807, 2.05) is 12.3 Å². The van der Waals surface area contributed by atoms with Gasteiger partial charge in [0.15, 0.2) is 0 Å². The Hall–Kier alpha value is -0.353. The minimum absolute atomic E-state index is 0.0740. The second-order valence-electron chi connectivity index (χ2n) is 4.35. The number of halogens is 1. The van der Waals surface area contributed by atoms with E-state index in [1.54, 1.807) is 10.6 Å². The molecule has 0 saturated carbocycles. The van der Waals surface area contributed by atoms with E-state index < -0.39 is 8.07 Å². The highest BCUT2D eigenvalue weighted by atomic mass is 79.9. The third kappa shape index (κ3) is 3.12. The lowest BCUT2D eigenvalue weighted by Gasteiger charge is -2.17. The monoisotopic (exact) mass is 259 g/mol. The quantitative estimate of drug-likeness (QED) is 0.749. The van der Waals surface area contributed by atoms with Crippen LogP contribution in [-0.4, -0.2) is 12.6 Å². The van der Waals surface area contributed by atoms with Crippen LogP contribution in [0.5, 0.6) is 0 Å². The number of rotatable bonds is 2. The van der Waals surface area contributed by atoms with Gasteiger partial charge in [-0.2, -0.15) is 0 Å². The Balaban J connectivity index is 3.03. The summed E-state index contributed by atoms with van der Waals surface area (Å²) in [5.41, 5.74) is 0.0740. The molecule has 13 heavy (non-hydrogen) atoms. The van der Waals surface area contributed by atoms with Gasteiger partial charge in [-0.05, 0) is 28.1 Å². The third-order valence-electron chi connectivity index (χ3n) is 1.62. The molecule has 1 heterocycles. The molecule has 0 spiro atoms. The van der Waals surface area contributed by atoms with Crippen molar-refractivity contribution in [1.29, 1.82) is 0 Å². The van der Waals surface area contributed by atoms with Gasteiger partial charge in [-0.25, -0.2) is 0 Å².